The number of anilines is 1. The zero-order valence-electron chi connectivity index (χ0n) is 11.8. The monoisotopic (exact) mass is 310 g/mol. The number of ether oxygens (including phenoxy) is 2. The van der Waals surface area contributed by atoms with Crippen LogP contribution in [0.15, 0.2) is 24.3 Å². The van der Waals surface area contributed by atoms with Gasteiger partial charge >= 0.3 is 6.03 Å². The highest BCUT2D eigenvalue weighted by molar-refractivity contribution is 6.33. The van der Waals surface area contributed by atoms with Crippen molar-refractivity contribution in [1.29, 1.82) is 0 Å². The summed E-state index contributed by atoms with van der Waals surface area (Å²) < 4.78 is 11.3. The van der Waals surface area contributed by atoms with Gasteiger partial charge < -0.3 is 19.7 Å². The minimum Gasteiger partial charge on any atom is -0.381 e. The Hall–Kier alpha value is -1.30. The van der Waals surface area contributed by atoms with Gasteiger partial charge in [0, 0.05) is 32.6 Å². The molecule has 0 aromatic heterocycles. The van der Waals surface area contributed by atoms with Crippen molar-refractivity contribution < 1.29 is 14.3 Å². The normalized spacial score (nSPS) is 21.3. The van der Waals surface area contributed by atoms with Gasteiger partial charge in [-0.2, -0.15) is 0 Å². The number of para-hydroxylation sites is 1. The van der Waals surface area contributed by atoms with E-state index in [1.54, 1.807) is 17.0 Å². The van der Waals surface area contributed by atoms with E-state index in [0.717, 1.165) is 12.8 Å². The summed E-state index contributed by atoms with van der Waals surface area (Å²) in [5, 5.41) is 3.41. The van der Waals surface area contributed by atoms with Crippen LogP contribution in [0.4, 0.5) is 10.5 Å². The Labute approximate surface area is 129 Å². The van der Waals surface area contributed by atoms with Crippen molar-refractivity contribution >= 4 is 23.3 Å². The average molecular weight is 311 g/mol. The Balaban J connectivity index is 1.66. The second-order valence-electron chi connectivity index (χ2n) is 5.48. The molecule has 1 aromatic rings. The van der Waals surface area contributed by atoms with E-state index >= 15 is 0 Å². The molecule has 0 radical (unpaired) electrons. The lowest BCUT2D eigenvalue weighted by molar-refractivity contribution is -0.144. The molecular weight excluding hydrogens is 292 g/mol. The molecule has 0 aliphatic carbocycles. The second-order valence-corrected chi connectivity index (χ2v) is 5.88. The number of hydrogen-bond acceptors (Lipinski definition) is 3. The number of urea groups is 1. The highest BCUT2D eigenvalue weighted by atomic mass is 35.5. The number of morpholine rings is 1. The molecule has 114 valence electrons. The highest BCUT2D eigenvalue weighted by Crippen LogP contribution is 2.29. The van der Waals surface area contributed by atoms with E-state index in [4.69, 9.17) is 21.1 Å². The van der Waals surface area contributed by atoms with Gasteiger partial charge in [0.05, 0.1) is 29.5 Å². The molecule has 0 saturated carbocycles. The third-order valence-corrected chi connectivity index (χ3v) is 4.38. The van der Waals surface area contributed by atoms with Gasteiger partial charge in [-0.15, -0.1) is 0 Å². The minimum absolute atomic E-state index is 0.128. The first-order valence-electron chi connectivity index (χ1n) is 7.21. The summed E-state index contributed by atoms with van der Waals surface area (Å²) in [7, 11) is 0. The van der Waals surface area contributed by atoms with Gasteiger partial charge in [0.15, 0.2) is 0 Å². The summed E-state index contributed by atoms with van der Waals surface area (Å²) in [5.41, 5.74) is 0.394. The van der Waals surface area contributed by atoms with E-state index < -0.39 is 0 Å². The molecule has 2 fully saturated rings. The molecule has 5 nitrogen and oxygen atoms in total. The number of halogens is 1. The fourth-order valence-corrected chi connectivity index (χ4v) is 3.00. The van der Waals surface area contributed by atoms with E-state index in [9.17, 15) is 4.79 Å². The molecule has 2 amide bonds. The average Bonchev–Trinajstić information content (AvgIpc) is 2.50. The van der Waals surface area contributed by atoms with Crippen molar-refractivity contribution in [2.24, 2.45) is 0 Å². The first-order valence-corrected chi connectivity index (χ1v) is 7.59. The van der Waals surface area contributed by atoms with Crippen LogP contribution in [-0.2, 0) is 9.47 Å². The quantitative estimate of drug-likeness (QED) is 0.867. The Kier molecular flexibility index (Phi) is 4.33. The Morgan fingerprint density at radius 3 is 2.76 bits per heavy atom. The van der Waals surface area contributed by atoms with Gasteiger partial charge in [0.1, 0.15) is 0 Å². The molecule has 6 heteroatoms. The van der Waals surface area contributed by atoms with Crippen molar-refractivity contribution in [3.63, 3.8) is 0 Å². The number of rotatable bonds is 1. The molecular formula is C15H19ClN2O3. The largest absolute Gasteiger partial charge is 0.381 e. The van der Waals surface area contributed by atoms with Gasteiger partial charge in [0.2, 0.25) is 0 Å². The predicted octanol–water partition coefficient (Wildman–Crippen LogP) is 2.75. The van der Waals surface area contributed by atoms with Crippen LogP contribution in [0.5, 0.6) is 0 Å². The molecule has 1 N–H and O–H groups in total. The van der Waals surface area contributed by atoms with Gasteiger partial charge in [-0.3, -0.25) is 0 Å². The van der Waals surface area contributed by atoms with Gasteiger partial charge in [0.25, 0.3) is 0 Å². The number of benzene rings is 1. The van der Waals surface area contributed by atoms with E-state index in [-0.39, 0.29) is 11.6 Å². The SMILES string of the molecule is O=C(Nc1ccccc1Cl)N1CCOC2(CCOCC2)C1. The van der Waals surface area contributed by atoms with Crippen LogP contribution >= 0.6 is 11.6 Å². The summed E-state index contributed by atoms with van der Waals surface area (Å²) in [4.78, 5) is 14.2. The fourth-order valence-electron chi connectivity index (χ4n) is 2.82. The van der Waals surface area contributed by atoms with Crippen LogP contribution in [0.2, 0.25) is 5.02 Å². The topological polar surface area (TPSA) is 50.8 Å². The molecule has 2 aliphatic heterocycles. The number of carbonyl (C=O) groups is 1. The van der Waals surface area contributed by atoms with Gasteiger partial charge in [-0.05, 0) is 12.1 Å². The molecule has 3 rings (SSSR count). The smallest absolute Gasteiger partial charge is 0.322 e. The lowest BCUT2D eigenvalue weighted by Gasteiger charge is -2.44. The van der Waals surface area contributed by atoms with E-state index in [1.165, 1.54) is 0 Å². The summed E-state index contributed by atoms with van der Waals surface area (Å²) in [6.45, 7) is 3.15. The maximum absolute atomic E-state index is 12.4. The van der Waals surface area contributed by atoms with Crippen LogP contribution in [-0.4, -0.2) is 49.4 Å². The summed E-state index contributed by atoms with van der Waals surface area (Å²) in [6.07, 6.45) is 1.67. The number of nitrogens with one attached hydrogen (secondary N) is 1. The van der Waals surface area contributed by atoms with Crippen LogP contribution in [0, 0.1) is 0 Å². The van der Waals surface area contributed by atoms with Crippen molar-refractivity contribution in [3.8, 4) is 0 Å². The van der Waals surface area contributed by atoms with Crippen LogP contribution in [0.1, 0.15) is 12.8 Å². The molecule has 2 saturated heterocycles. The molecule has 0 atom stereocenters. The zero-order valence-corrected chi connectivity index (χ0v) is 12.6. The molecule has 1 aromatic carbocycles. The predicted molar refractivity (Wildman–Crippen MR) is 80.8 cm³/mol. The molecule has 2 aliphatic rings. The standard InChI is InChI=1S/C15H19ClN2O3/c16-12-3-1-2-4-13(12)17-14(19)18-7-10-21-15(11-18)5-8-20-9-6-15/h1-4H,5-11H2,(H,17,19). The summed E-state index contributed by atoms with van der Waals surface area (Å²) in [5.74, 6) is 0. The Morgan fingerprint density at radius 2 is 2.00 bits per heavy atom. The van der Waals surface area contributed by atoms with Crippen LogP contribution < -0.4 is 5.32 Å². The van der Waals surface area contributed by atoms with Crippen molar-refractivity contribution in [2.75, 3.05) is 38.2 Å². The number of nitrogens with zero attached hydrogens (tertiary/aromatic N) is 1. The number of amides is 2. The first kappa shape index (κ1) is 14.6. The first-order chi connectivity index (χ1) is 10.2. The Morgan fingerprint density at radius 1 is 1.24 bits per heavy atom. The lowest BCUT2D eigenvalue weighted by Crippen LogP contribution is -2.56. The number of hydrogen-bond donors (Lipinski definition) is 1. The summed E-state index contributed by atoms with van der Waals surface area (Å²) in [6, 6.07) is 7.11. The van der Waals surface area contributed by atoms with Crippen molar-refractivity contribution in [2.45, 2.75) is 18.4 Å². The van der Waals surface area contributed by atoms with E-state index in [1.807, 2.05) is 12.1 Å². The third kappa shape index (κ3) is 3.31. The molecule has 2 heterocycles. The van der Waals surface area contributed by atoms with E-state index in [2.05, 4.69) is 5.32 Å². The minimum atomic E-state index is -0.242. The molecule has 0 unspecified atom stereocenters. The maximum Gasteiger partial charge on any atom is 0.322 e. The highest BCUT2D eigenvalue weighted by Gasteiger charge is 2.39. The molecule has 21 heavy (non-hydrogen) atoms. The fraction of sp³-hybridized carbons (Fsp3) is 0.533. The maximum atomic E-state index is 12.4. The van der Waals surface area contributed by atoms with Crippen LogP contribution in [0.25, 0.3) is 0 Å². The molecule has 0 bridgehead atoms. The zero-order chi connectivity index (χ0) is 14.7. The van der Waals surface area contributed by atoms with Crippen molar-refractivity contribution in [3.05, 3.63) is 29.3 Å². The number of carbonyl (C=O) groups excluding carboxylic acids is 1. The third-order valence-electron chi connectivity index (χ3n) is 4.06. The van der Waals surface area contributed by atoms with Gasteiger partial charge in [-0.1, -0.05) is 23.7 Å². The van der Waals surface area contributed by atoms with Crippen LogP contribution in [0.3, 0.4) is 0 Å². The summed E-state index contributed by atoms with van der Waals surface area (Å²) >= 11 is 6.07. The second kappa shape index (κ2) is 6.22. The van der Waals surface area contributed by atoms with E-state index in [0.29, 0.717) is 43.6 Å². The molecule has 1 spiro atoms. The van der Waals surface area contributed by atoms with Gasteiger partial charge in [-0.25, -0.2) is 4.79 Å². The Bertz CT molecular complexity index is 512. The van der Waals surface area contributed by atoms with Crippen molar-refractivity contribution in [1.82, 2.24) is 4.90 Å². The lowest BCUT2D eigenvalue weighted by atomic mass is 9.92.